The highest BCUT2D eigenvalue weighted by atomic mass is 35.5. The largest absolute Gasteiger partial charge is 0.485 e. The van der Waals surface area contributed by atoms with Gasteiger partial charge >= 0.3 is 0 Å². The van der Waals surface area contributed by atoms with Crippen molar-refractivity contribution in [3.63, 3.8) is 0 Å². The molecule has 3 heterocycles. The number of hydrogen-bond donors (Lipinski definition) is 3. The van der Waals surface area contributed by atoms with Crippen LogP contribution in [0.5, 0.6) is 11.5 Å². The van der Waals surface area contributed by atoms with E-state index in [1.807, 2.05) is 37.3 Å². The lowest BCUT2D eigenvalue weighted by Crippen LogP contribution is -2.48. The van der Waals surface area contributed by atoms with Gasteiger partial charge in [-0.1, -0.05) is 36.2 Å². The summed E-state index contributed by atoms with van der Waals surface area (Å²) in [5, 5.41) is 4.02. The second kappa shape index (κ2) is 12.3. The van der Waals surface area contributed by atoms with Gasteiger partial charge in [0.05, 0.1) is 17.9 Å². The molecule has 0 amide bonds. The number of nitrogens with zero attached hydrogens (tertiary/aromatic N) is 2. The van der Waals surface area contributed by atoms with Crippen LogP contribution in [0.4, 0.5) is 15.8 Å². The first-order chi connectivity index (χ1) is 22.2. The fraction of sp³-hybridized carbons (Fsp3) is 0.417. The van der Waals surface area contributed by atoms with Crippen LogP contribution < -0.4 is 31.2 Å². The molecule has 3 aromatic rings. The monoisotopic (exact) mass is 645 g/mol. The smallest absolute Gasteiger partial charge is 0.168 e. The Bertz CT molecular complexity index is 1670. The van der Waals surface area contributed by atoms with E-state index in [1.165, 1.54) is 12.3 Å². The summed E-state index contributed by atoms with van der Waals surface area (Å²) in [7, 11) is 0. The molecule has 3 aliphatic heterocycles. The molecule has 8 nitrogen and oxygen atoms in total. The number of halogens is 2. The number of nitrogens with one attached hydrogen (secondary N) is 1. The Morgan fingerprint density at radius 3 is 2.65 bits per heavy atom. The van der Waals surface area contributed by atoms with Crippen LogP contribution >= 0.6 is 11.6 Å². The number of ketones is 1. The maximum absolute atomic E-state index is 15.0. The minimum atomic E-state index is -0.979. The van der Waals surface area contributed by atoms with Crippen molar-refractivity contribution in [3.8, 4) is 11.5 Å². The van der Waals surface area contributed by atoms with Gasteiger partial charge in [-0.3, -0.25) is 9.69 Å². The Kier molecular flexibility index (Phi) is 8.23. The number of anilines is 2. The van der Waals surface area contributed by atoms with Crippen molar-refractivity contribution in [3.05, 3.63) is 94.0 Å². The minimum absolute atomic E-state index is 0.0182. The molecule has 4 aliphatic rings. The molecule has 3 aromatic carbocycles. The minimum Gasteiger partial charge on any atom is -0.485 e. The number of para-hydroxylation sites is 1. The zero-order valence-corrected chi connectivity index (χ0v) is 26.9. The van der Waals surface area contributed by atoms with E-state index >= 15 is 0 Å². The van der Waals surface area contributed by atoms with Crippen molar-refractivity contribution < 1.29 is 18.7 Å². The number of ether oxygens (including phenoxy) is 2. The van der Waals surface area contributed by atoms with Crippen LogP contribution in [0, 0.1) is 11.7 Å². The van der Waals surface area contributed by atoms with Crippen LogP contribution in [0.1, 0.15) is 66.4 Å². The molecule has 0 aromatic heterocycles. The van der Waals surface area contributed by atoms with E-state index in [2.05, 4.69) is 21.2 Å². The maximum atomic E-state index is 15.0. The van der Waals surface area contributed by atoms with E-state index in [4.69, 9.17) is 32.5 Å². The molecule has 7 rings (SSSR count). The normalized spacial score (nSPS) is 23.5. The molecular formula is C36H41ClFN5O3. The molecule has 2 fully saturated rings. The van der Waals surface area contributed by atoms with Crippen molar-refractivity contribution in [2.75, 3.05) is 43.0 Å². The molecule has 2 unspecified atom stereocenters. The molecule has 5 N–H and O–H groups in total. The molecule has 10 heteroatoms. The molecule has 242 valence electrons. The highest BCUT2D eigenvalue weighted by Gasteiger charge is 2.40. The summed E-state index contributed by atoms with van der Waals surface area (Å²) >= 11 is 6.02. The molecule has 0 radical (unpaired) electrons. The van der Waals surface area contributed by atoms with Gasteiger partial charge in [0, 0.05) is 46.1 Å². The van der Waals surface area contributed by atoms with Crippen molar-refractivity contribution in [1.29, 1.82) is 0 Å². The van der Waals surface area contributed by atoms with Gasteiger partial charge in [-0.05, 0) is 88.0 Å². The first-order valence-corrected chi connectivity index (χ1v) is 16.6. The van der Waals surface area contributed by atoms with Crippen LogP contribution in [0.25, 0.3) is 0 Å². The van der Waals surface area contributed by atoms with Gasteiger partial charge < -0.3 is 31.2 Å². The third-order valence-corrected chi connectivity index (χ3v) is 10.4. The molecule has 0 bridgehead atoms. The lowest BCUT2D eigenvalue weighted by Gasteiger charge is -2.40. The Morgan fingerprint density at radius 2 is 1.93 bits per heavy atom. The van der Waals surface area contributed by atoms with Crippen LogP contribution in [0.15, 0.2) is 66.5 Å². The molecular weight excluding hydrogens is 605 g/mol. The Hall–Kier alpha value is -3.95. The second-order valence-electron chi connectivity index (χ2n) is 13.2. The lowest BCUT2D eigenvalue weighted by molar-refractivity contribution is -0.00183. The maximum Gasteiger partial charge on any atom is 0.168 e. The summed E-state index contributed by atoms with van der Waals surface area (Å²) in [5.41, 5.74) is 15.9. The predicted octanol–water partition coefficient (Wildman–Crippen LogP) is 6.34. The van der Waals surface area contributed by atoms with Crippen molar-refractivity contribution in [1.82, 2.24) is 4.90 Å². The van der Waals surface area contributed by atoms with E-state index in [-0.39, 0.29) is 30.4 Å². The fourth-order valence-electron chi connectivity index (χ4n) is 7.23. The van der Waals surface area contributed by atoms with E-state index in [0.29, 0.717) is 34.3 Å². The molecule has 2 atom stereocenters. The fourth-order valence-corrected chi connectivity index (χ4v) is 7.39. The van der Waals surface area contributed by atoms with E-state index in [0.717, 1.165) is 74.2 Å². The highest BCUT2D eigenvalue weighted by molar-refractivity contribution is 6.30. The van der Waals surface area contributed by atoms with Gasteiger partial charge in [-0.2, -0.15) is 0 Å². The Labute approximate surface area is 274 Å². The summed E-state index contributed by atoms with van der Waals surface area (Å²) in [5.74, 6) is 1.63. The van der Waals surface area contributed by atoms with Gasteiger partial charge in [0.2, 0.25) is 0 Å². The van der Waals surface area contributed by atoms with Crippen molar-refractivity contribution in [2.45, 2.75) is 56.7 Å². The van der Waals surface area contributed by atoms with E-state index in [1.54, 1.807) is 12.1 Å². The van der Waals surface area contributed by atoms with Crippen molar-refractivity contribution >= 4 is 28.8 Å². The standard InChI is InChI=1S/C36H41ClFN5O3/c1-36(28-10-9-25(37)17-29(28)38)21-45-32-7-3-6-27(35(32)46-36)22-12-14-42(15-13-22)20-33-41-30-11-8-24(34(44)23-4-2-5-23)16-31(30)43(33)19-26(40)18-39/h3,6-11,16-18,22-23,33,41H,2,4-5,12-15,19-21,39-40H2,1H3/b26-18-. The number of benzene rings is 3. The number of Topliss-reactive ketones (excluding diaryl/α,β-unsaturated/α-hetero) is 1. The third kappa shape index (κ3) is 5.75. The zero-order valence-electron chi connectivity index (χ0n) is 26.1. The zero-order chi connectivity index (χ0) is 32.0. The SMILES string of the molecule is CC1(c2ccc(Cl)cc2F)COc2cccc(C3CCN(CC4Nc5ccc(C(=O)C6CCC6)cc5N4C/C(N)=C/N)CC3)c2O1. The number of fused-ring (bicyclic) bond motifs is 2. The molecule has 1 saturated heterocycles. The number of carbonyl (C=O) groups is 1. The average molecular weight is 646 g/mol. The van der Waals surface area contributed by atoms with Gasteiger partial charge in [-0.25, -0.2) is 4.39 Å². The number of rotatable bonds is 8. The summed E-state index contributed by atoms with van der Waals surface area (Å²) in [6.45, 7) is 5.11. The predicted molar refractivity (Wildman–Crippen MR) is 179 cm³/mol. The van der Waals surface area contributed by atoms with Crippen LogP contribution in [-0.2, 0) is 5.60 Å². The first kappa shape index (κ1) is 30.7. The van der Waals surface area contributed by atoms with E-state index in [9.17, 15) is 9.18 Å². The molecule has 1 saturated carbocycles. The van der Waals surface area contributed by atoms with Gasteiger partial charge in [0.25, 0.3) is 0 Å². The average Bonchev–Trinajstić information content (AvgIpc) is 3.35. The summed E-state index contributed by atoms with van der Waals surface area (Å²) in [6.07, 6.45) is 6.39. The molecule has 1 aliphatic carbocycles. The number of piperidine rings is 1. The summed E-state index contributed by atoms with van der Waals surface area (Å²) < 4.78 is 27.7. The lowest BCUT2D eigenvalue weighted by atomic mass is 9.80. The Balaban J connectivity index is 1.05. The quantitative estimate of drug-likeness (QED) is 0.244. The highest BCUT2D eigenvalue weighted by Crippen LogP contribution is 2.47. The summed E-state index contributed by atoms with van der Waals surface area (Å²) in [6, 6.07) is 16.7. The van der Waals surface area contributed by atoms with Crippen LogP contribution in [0.2, 0.25) is 5.02 Å². The van der Waals surface area contributed by atoms with Crippen LogP contribution in [0.3, 0.4) is 0 Å². The Morgan fingerprint density at radius 1 is 1.13 bits per heavy atom. The van der Waals surface area contributed by atoms with Gasteiger partial charge in [-0.15, -0.1) is 0 Å². The number of hydrogen-bond acceptors (Lipinski definition) is 8. The number of nitrogens with two attached hydrogens (primary N) is 2. The number of carbonyl (C=O) groups excluding carboxylic acids is 1. The first-order valence-electron chi connectivity index (χ1n) is 16.2. The second-order valence-corrected chi connectivity index (χ2v) is 13.7. The van der Waals surface area contributed by atoms with Gasteiger partial charge in [0.1, 0.15) is 18.6 Å². The molecule has 46 heavy (non-hydrogen) atoms. The summed E-state index contributed by atoms with van der Waals surface area (Å²) in [4.78, 5) is 17.7. The van der Waals surface area contributed by atoms with Crippen LogP contribution in [-0.4, -0.2) is 49.6 Å². The van der Waals surface area contributed by atoms with Gasteiger partial charge in [0.15, 0.2) is 22.9 Å². The topological polar surface area (TPSA) is 106 Å². The van der Waals surface area contributed by atoms with E-state index < -0.39 is 11.4 Å². The molecule has 0 spiro atoms. The van der Waals surface area contributed by atoms with Crippen molar-refractivity contribution in [2.24, 2.45) is 17.4 Å². The number of likely N-dealkylation sites (tertiary alicyclic amines) is 1. The third-order valence-electron chi connectivity index (χ3n) is 10.1.